The van der Waals surface area contributed by atoms with Crippen molar-refractivity contribution in [1.29, 1.82) is 0 Å². The molecule has 0 saturated heterocycles. The van der Waals surface area contributed by atoms with Gasteiger partial charge >= 0.3 is 0 Å². The van der Waals surface area contributed by atoms with Crippen LogP contribution in [0.25, 0.3) is 0 Å². The van der Waals surface area contributed by atoms with Gasteiger partial charge in [0.15, 0.2) is 6.33 Å². The summed E-state index contributed by atoms with van der Waals surface area (Å²) in [5, 5.41) is 6.31. The van der Waals surface area contributed by atoms with E-state index in [4.69, 9.17) is 10.3 Å². The van der Waals surface area contributed by atoms with Gasteiger partial charge in [-0.1, -0.05) is 12.1 Å². The van der Waals surface area contributed by atoms with Crippen molar-refractivity contribution in [1.82, 2.24) is 15.5 Å². The van der Waals surface area contributed by atoms with Crippen LogP contribution >= 0.6 is 0 Å². The van der Waals surface area contributed by atoms with E-state index in [9.17, 15) is 4.79 Å². The second-order valence-electron chi connectivity index (χ2n) is 4.16. The highest BCUT2D eigenvalue weighted by atomic mass is 16.5. The van der Waals surface area contributed by atoms with Gasteiger partial charge in [0.05, 0.1) is 0 Å². The quantitative estimate of drug-likeness (QED) is 0.689. The molecule has 0 aliphatic rings. The van der Waals surface area contributed by atoms with Gasteiger partial charge in [-0.3, -0.25) is 4.79 Å². The van der Waals surface area contributed by atoms with Gasteiger partial charge in [0.1, 0.15) is 0 Å². The molecule has 0 fully saturated rings. The summed E-state index contributed by atoms with van der Waals surface area (Å²) in [6.45, 7) is 3.32. The van der Waals surface area contributed by atoms with Crippen LogP contribution < -0.4 is 11.1 Å². The predicted molar refractivity (Wildman–Crippen MR) is 63.1 cm³/mol. The van der Waals surface area contributed by atoms with Gasteiger partial charge in [-0.25, -0.2) is 0 Å². The van der Waals surface area contributed by atoms with Crippen molar-refractivity contribution in [3.63, 3.8) is 0 Å². The SMILES string of the molecule is CC(CCN)CCC(=O)NCCc1ncno1. The third-order valence-corrected chi connectivity index (χ3v) is 2.59. The molecule has 0 radical (unpaired) electrons. The van der Waals surface area contributed by atoms with Gasteiger partial charge in [0, 0.05) is 19.4 Å². The smallest absolute Gasteiger partial charge is 0.228 e. The molecular formula is C11H20N4O2. The number of hydrogen-bond acceptors (Lipinski definition) is 5. The van der Waals surface area contributed by atoms with Crippen molar-refractivity contribution in [2.24, 2.45) is 11.7 Å². The topological polar surface area (TPSA) is 94.0 Å². The number of rotatable bonds is 8. The average Bonchev–Trinajstić information content (AvgIpc) is 2.80. The zero-order chi connectivity index (χ0) is 12.5. The summed E-state index contributed by atoms with van der Waals surface area (Å²) >= 11 is 0. The maximum absolute atomic E-state index is 11.5. The van der Waals surface area contributed by atoms with E-state index in [1.807, 2.05) is 0 Å². The van der Waals surface area contributed by atoms with Crippen LogP contribution in [0.5, 0.6) is 0 Å². The molecule has 0 bridgehead atoms. The van der Waals surface area contributed by atoms with E-state index < -0.39 is 0 Å². The average molecular weight is 240 g/mol. The number of nitrogens with one attached hydrogen (secondary N) is 1. The normalized spacial score (nSPS) is 12.4. The molecule has 6 nitrogen and oxygen atoms in total. The molecule has 1 aromatic heterocycles. The van der Waals surface area contributed by atoms with E-state index in [0.717, 1.165) is 12.8 Å². The first kappa shape index (κ1) is 13.6. The van der Waals surface area contributed by atoms with Crippen LogP contribution in [0.1, 0.15) is 32.1 Å². The molecule has 1 heterocycles. The highest BCUT2D eigenvalue weighted by Crippen LogP contribution is 2.08. The minimum absolute atomic E-state index is 0.0633. The fraction of sp³-hybridized carbons (Fsp3) is 0.727. The number of aromatic nitrogens is 2. The number of carbonyl (C=O) groups is 1. The molecule has 1 atom stereocenters. The predicted octanol–water partition coefficient (Wildman–Crippen LogP) is 0.493. The van der Waals surface area contributed by atoms with Crippen LogP contribution in [0.15, 0.2) is 10.9 Å². The summed E-state index contributed by atoms with van der Waals surface area (Å²) in [4.78, 5) is 15.3. The lowest BCUT2D eigenvalue weighted by molar-refractivity contribution is -0.121. The van der Waals surface area contributed by atoms with E-state index in [2.05, 4.69) is 22.4 Å². The summed E-state index contributed by atoms with van der Waals surface area (Å²) in [6, 6.07) is 0. The first-order valence-electron chi connectivity index (χ1n) is 5.94. The summed E-state index contributed by atoms with van der Waals surface area (Å²) < 4.78 is 4.82. The van der Waals surface area contributed by atoms with Crippen molar-refractivity contribution in [2.75, 3.05) is 13.1 Å². The zero-order valence-corrected chi connectivity index (χ0v) is 10.2. The first-order chi connectivity index (χ1) is 8.22. The minimum atomic E-state index is 0.0633. The van der Waals surface area contributed by atoms with Crippen LogP contribution in [0.2, 0.25) is 0 Å². The lowest BCUT2D eigenvalue weighted by atomic mass is 10.0. The Balaban J connectivity index is 2.05. The molecule has 0 aliphatic carbocycles. The Morgan fingerprint density at radius 2 is 2.41 bits per heavy atom. The molecule has 1 unspecified atom stereocenters. The van der Waals surface area contributed by atoms with Gasteiger partial charge in [-0.15, -0.1) is 0 Å². The molecule has 0 aliphatic heterocycles. The standard InChI is InChI=1S/C11H20N4O2/c1-9(4-6-12)2-3-10(16)13-7-5-11-14-8-15-17-11/h8-9H,2-7,12H2,1H3,(H,13,16). The van der Waals surface area contributed by atoms with E-state index in [1.165, 1.54) is 6.33 Å². The van der Waals surface area contributed by atoms with Crippen molar-refractivity contribution in [3.05, 3.63) is 12.2 Å². The van der Waals surface area contributed by atoms with E-state index in [0.29, 0.717) is 37.7 Å². The van der Waals surface area contributed by atoms with E-state index in [-0.39, 0.29) is 5.91 Å². The Kier molecular flexibility index (Phi) is 6.24. The lowest BCUT2D eigenvalue weighted by Crippen LogP contribution is -2.26. The molecular weight excluding hydrogens is 220 g/mol. The van der Waals surface area contributed by atoms with Crippen LogP contribution in [-0.4, -0.2) is 29.1 Å². The summed E-state index contributed by atoms with van der Waals surface area (Å²) in [5.74, 6) is 1.11. The minimum Gasteiger partial charge on any atom is -0.356 e. The Morgan fingerprint density at radius 1 is 1.59 bits per heavy atom. The third-order valence-electron chi connectivity index (χ3n) is 2.59. The molecule has 6 heteroatoms. The van der Waals surface area contributed by atoms with E-state index >= 15 is 0 Å². The first-order valence-corrected chi connectivity index (χ1v) is 5.94. The Morgan fingerprint density at radius 3 is 3.06 bits per heavy atom. The zero-order valence-electron chi connectivity index (χ0n) is 10.2. The van der Waals surface area contributed by atoms with Crippen molar-refractivity contribution < 1.29 is 9.32 Å². The van der Waals surface area contributed by atoms with Gasteiger partial charge in [-0.05, 0) is 25.3 Å². The fourth-order valence-corrected chi connectivity index (χ4v) is 1.51. The fourth-order valence-electron chi connectivity index (χ4n) is 1.51. The van der Waals surface area contributed by atoms with Gasteiger partial charge < -0.3 is 15.6 Å². The van der Waals surface area contributed by atoms with E-state index in [1.54, 1.807) is 0 Å². The molecule has 17 heavy (non-hydrogen) atoms. The van der Waals surface area contributed by atoms with Crippen molar-refractivity contribution in [2.45, 2.75) is 32.6 Å². The summed E-state index contributed by atoms with van der Waals surface area (Å²) in [5.41, 5.74) is 5.45. The molecule has 3 N–H and O–H groups in total. The monoisotopic (exact) mass is 240 g/mol. The molecule has 1 amide bonds. The molecule has 0 spiro atoms. The molecule has 0 saturated carbocycles. The Bertz CT molecular complexity index is 313. The second kappa shape index (κ2) is 7.78. The highest BCUT2D eigenvalue weighted by molar-refractivity contribution is 5.75. The lowest BCUT2D eigenvalue weighted by Gasteiger charge is -2.09. The molecule has 1 rings (SSSR count). The van der Waals surface area contributed by atoms with Gasteiger partial charge in [0.2, 0.25) is 11.8 Å². The third kappa shape index (κ3) is 6.01. The molecule has 96 valence electrons. The maximum atomic E-state index is 11.5. The number of carbonyl (C=O) groups excluding carboxylic acids is 1. The summed E-state index contributed by atoms with van der Waals surface area (Å²) in [7, 11) is 0. The number of amides is 1. The maximum Gasteiger partial charge on any atom is 0.228 e. The second-order valence-corrected chi connectivity index (χ2v) is 4.16. The number of nitrogens with zero attached hydrogens (tertiary/aromatic N) is 2. The Labute approximate surface area is 101 Å². The molecule has 0 aromatic carbocycles. The van der Waals surface area contributed by atoms with Crippen LogP contribution in [0.4, 0.5) is 0 Å². The van der Waals surface area contributed by atoms with Crippen LogP contribution in [-0.2, 0) is 11.2 Å². The largest absolute Gasteiger partial charge is 0.356 e. The number of nitrogens with two attached hydrogens (primary N) is 1. The van der Waals surface area contributed by atoms with Crippen molar-refractivity contribution >= 4 is 5.91 Å². The van der Waals surface area contributed by atoms with Crippen molar-refractivity contribution in [3.8, 4) is 0 Å². The highest BCUT2D eigenvalue weighted by Gasteiger charge is 2.06. The summed E-state index contributed by atoms with van der Waals surface area (Å²) in [6.07, 6.45) is 4.32. The van der Waals surface area contributed by atoms with Crippen LogP contribution in [0.3, 0.4) is 0 Å². The van der Waals surface area contributed by atoms with Gasteiger partial charge in [0.25, 0.3) is 0 Å². The number of hydrogen-bond donors (Lipinski definition) is 2. The molecule has 1 aromatic rings. The Hall–Kier alpha value is -1.43. The van der Waals surface area contributed by atoms with Gasteiger partial charge in [-0.2, -0.15) is 4.98 Å². The van der Waals surface area contributed by atoms with Crippen LogP contribution in [0, 0.1) is 5.92 Å².